The lowest BCUT2D eigenvalue weighted by atomic mass is 10.2. The molecule has 20 heavy (non-hydrogen) atoms. The highest BCUT2D eigenvalue weighted by Gasteiger charge is 2.18. The summed E-state index contributed by atoms with van der Waals surface area (Å²) in [6.07, 6.45) is 0. The number of rotatable bonds is 3. The van der Waals surface area contributed by atoms with Crippen LogP contribution < -0.4 is 4.72 Å². The molecule has 2 rings (SSSR count). The monoisotopic (exact) mass is 295 g/mol. The van der Waals surface area contributed by atoms with Crippen molar-refractivity contribution in [1.82, 2.24) is 0 Å². The number of sulfonamides is 1. The summed E-state index contributed by atoms with van der Waals surface area (Å²) in [5.41, 5.74) is 1.32. The fourth-order valence-electron chi connectivity index (χ4n) is 1.89. The first kappa shape index (κ1) is 14.3. The second-order valence-electron chi connectivity index (χ2n) is 4.54. The molecule has 0 unspecified atom stereocenters. The van der Waals surface area contributed by atoms with E-state index in [1.54, 1.807) is 19.1 Å². The van der Waals surface area contributed by atoms with E-state index in [0.29, 0.717) is 5.56 Å². The first-order valence-corrected chi connectivity index (χ1v) is 7.36. The van der Waals surface area contributed by atoms with Crippen LogP contribution in [-0.2, 0) is 10.0 Å². The number of phenolic OH excluding ortho intramolecular Hbond substituents is 1. The number of nitrogens with one attached hydrogen (secondary N) is 1. The predicted molar refractivity (Wildman–Crippen MR) is 74.8 cm³/mol. The summed E-state index contributed by atoms with van der Waals surface area (Å²) < 4.78 is 40.2. The molecule has 0 aliphatic carbocycles. The molecule has 0 bridgehead atoms. The van der Waals surface area contributed by atoms with Crippen LogP contribution in [-0.4, -0.2) is 13.5 Å². The topological polar surface area (TPSA) is 66.4 Å². The van der Waals surface area contributed by atoms with Crippen LogP contribution in [0.3, 0.4) is 0 Å². The first-order valence-electron chi connectivity index (χ1n) is 5.88. The molecule has 106 valence electrons. The Hall–Kier alpha value is -2.08. The lowest BCUT2D eigenvalue weighted by Crippen LogP contribution is -2.15. The van der Waals surface area contributed by atoms with E-state index in [4.69, 9.17) is 5.11 Å². The summed E-state index contributed by atoms with van der Waals surface area (Å²) in [5, 5.41) is 9.11. The van der Waals surface area contributed by atoms with Crippen LogP contribution in [0.25, 0.3) is 0 Å². The molecule has 0 amide bonds. The zero-order valence-corrected chi connectivity index (χ0v) is 11.8. The number of aryl methyl sites for hydroxylation is 2. The number of benzene rings is 2. The normalized spacial score (nSPS) is 11.3. The highest BCUT2D eigenvalue weighted by molar-refractivity contribution is 7.92. The predicted octanol–water partition coefficient (Wildman–Crippen LogP) is 2.95. The molecule has 0 aliphatic rings. The lowest BCUT2D eigenvalue weighted by molar-refractivity contribution is 0.469. The number of phenols is 1. The Morgan fingerprint density at radius 1 is 1.10 bits per heavy atom. The molecule has 2 N–H and O–H groups in total. The molecule has 0 aliphatic heterocycles. The van der Waals surface area contributed by atoms with Gasteiger partial charge in [-0.05, 0) is 37.6 Å². The molecule has 0 saturated heterocycles. The fraction of sp³-hybridized carbons (Fsp3) is 0.143. The number of aromatic hydroxyl groups is 1. The van der Waals surface area contributed by atoms with Gasteiger partial charge in [0.1, 0.15) is 5.75 Å². The van der Waals surface area contributed by atoms with Gasteiger partial charge in [-0.2, -0.15) is 0 Å². The Morgan fingerprint density at radius 3 is 2.40 bits per heavy atom. The van der Waals surface area contributed by atoms with Crippen molar-refractivity contribution in [3.05, 3.63) is 53.3 Å². The van der Waals surface area contributed by atoms with Gasteiger partial charge in [0.05, 0.1) is 10.6 Å². The fourth-order valence-corrected chi connectivity index (χ4v) is 3.18. The Kier molecular flexibility index (Phi) is 3.67. The largest absolute Gasteiger partial charge is 0.508 e. The standard InChI is InChI=1S/C14H14FNO3S/c1-9-3-6-14(10(2)7-9)20(18,19)16-13-5-4-11(17)8-12(13)15/h3-8,16-17H,1-2H3. The van der Waals surface area contributed by atoms with Crippen molar-refractivity contribution in [3.8, 4) is 5.75 Å². The summed E-state index contributed by atoms with van der Waals surface area (Å²) in [6, 6.07) is 8.12. The van der Waals surface area contributed by atoms with Crippen molar-refractivity contribution in [3.63, 3.8) is 0 Å². The first-order chi connectivity index (χ1) is 9.29. The van der Waals surface area contributed by atoms with Crippen LogP contribution in [0, 0.1) is 19.7 Å². The Morgan fingerprint density at radius 2 is 1.80 bits per heavy atom. The third-order valence-electron chi connectivity index (χ3n) is 2.82. The van der Waals surface area contributed by atoms with Gasteiger partial charge in [-0.15, -0.1) is 0 Å². The van der Waals surface area contributed by atoms with E-state index in [9.17, 15) is 12.8 Å². The lowest BCUT2D eigenvalue weighted by Gasteiger charge is -2.11. The number of hydrogen-bond acceptors (Lipinski definition) is 3. The van der Waals surface area contributed by atoms with E-state index in [0.717, 1.165) is 11.6 Å². The van der Waals surface area contributed by atoms with Crippen molar-refractivity contribution in [2.45, 2.75) is 18.7 Å². The van der Waals surface area contributed by atoms with Gasteiger partial charge in [0.25, 0.3) is 10.0 Å². The van der Waals surface area contributed by atoms with Crippen molar-refractivity contribution in [2.24, 2.45) is 0 Å². The molecule has 0 spiro atoms. The van der Waals surface area contributed by atoms with Gasteiger partial charge in [0, 0.05) is 6.07 Å². The quantitative estimate of drug-likeness (QED) is 0.856. The second kappa shape index (κ2) is 5.13. The zero-order chi connectivity index (χ0) is 14.9. The average molecular weight is 295 g/mol. The van der Waals surface area contributed by atoms with E-state index < -0.39 is 15.8 Å². The highest BCUT2D eigenvalue weighted by atomic mass is 32.2. The van der Waals surface area contributed by atoms with Gasteiger partial charge in [-0.3, -0.25) is 4.72 Å². The number of hydrogen-bond donors (Lipinski definition) is 2. The summed E-state index contributed by atoms with van der Waals surface area (Å²) in [4.78, 5) is 0.0931. The van der Waals surface area contributed by atoms with E-state index in [1.165, 1.54) is 18.2 Å². The third-order valence-corrected chi connectivity index (χ3v) is 4.34. The molecule has 0 heterocycles. The molecule has 0 radical (unpaired) electrons. The van der Waals surface area contributed by atoms with E-state index >= 15 is 0 Å². The van der Waals surface area contributed by atoms with Crippen LogP contribution in [0.15, 0.2) is 41.3 Å². The summed E-state index contributed by atoms with van der Waals surface area (Å²) >= 11 is 0. The second-order valence-corrected chi connectivity index (χ2v) is 6.19. The molecule has 4 nitrogen and oxygen atoms in total. The third kappa shape index (κ3) is 2.91. The Bertz CT molecular complexity index is 757. The minimum Gasteiger partial charge on any atom is -0.508 e. The van der Waals surface area contributed by atoms with Crippen LogP contribution in [0.5, 0.6) is 5.75 Å². The number of halogens is 1. The van der Waals surface area contributed by atoms with Crippen LogP contribution in [0.2, 0.25) is 0 Å². The van der Waals surface area contributed by atoms with Gasteiger partial charge in [0.2, 0.25) is 0 Å². The van der Waals surface area contributed by atoms with E-state index in [-0.39, 0.29) is 16.3 Å². The minimum atomic E-state index is -3.87. The van der Waals surface area contributed by atoms with Gasteiger partial charge >= 0.3 is 0 Å². The van der Waals surface area contributed by atoms with Crippen LogP contribution in [0.1, 0.15) is 11.1 Å². The van der Waals surface area contributed by atoms with Gasteiger partial charge in [-0.1, -0.05) is 17.7 Å². The van der Waals surface area contributed by atoms with Gasteiger partial charge < -0.3 is 5.11 Å². The number of anilines is 1. The highest BCUT2D eigenvalue weighted by Crippen LogP contribution is 2.24. The van der Waals surface area contributed by atoms with E-state index in [1.807, 2.05) is 6.92 Å². The maximum atomic E-state index is 13.6. The van der Waals surface area contributed by atoms with Crippen molar-refractivity contribution < 1.29 is 17.9 Å². The summed E-state index contributed by atoms with van der Waals surface area (Å²) in [6.45, 7) is 3.53. The van der Waals surface area contributed by atoms with Crippen LogP contribution >= 0.6 is 0 Å². The summed E-state index contributed by atoms with van der Waals surface area (Å²) in [7, 11) is -3.87. The van der Waals surface area contributed by atoms with Gasteiger partial charge in [-0.25, -0.2) is 12.8 Å². The van der Waals surface area contributed by atoms with Gasteiger partial charge in [0.15, 0.2) is 5.82 Å². The molecule has 0 aromatic heterocycles. The molecule has 2 aromatic carbocycles. The Labute approximate surface area is 116 Å². The smallest absolute Gasteiger partial charge is 0.262 e. The van der Waals surface area contributed by atoms with Crippen molar-refractivity contribution in [2.75, 3.05) is 4.72 Å². The van der Waals surface area contributed by atoms with Crippen molar-refractivity contribution >= 4 is 15.7 Å². The molecular formula is C14H14FNO3S. The van der Waals surface area contributed by atoms with Crippen LogP contribution in [0.4, 0.5) is 10.1 Å². The molecule has 0 fully saturated rings. The minimum absolute atomic E-state index is 0.0931. The van der Waals surface area contributed by atoms with Crippen molar-refractivity contribution in [1.29, 1.82) is 0 Å². The Balaban J connectivity index is 2.41. The zero-order valence-electron chi connectivity index (χ0n) is 11.0. The maximum Gasteiger partial charge on any atom is 0.262 e. The molecule has 0 saturated carbocycles. The maximum absolute atomic E-state index is 13.6. The molecular weight excluding hydrogens is 281 g/mol. The molecule has 0 atom stereocenters. The molecule has 2 aromatic rings. The average Bonchev–Trinajstić information content (AvgIpc) is 2.32. The summed E-state index contributed by atoms with van der Waals surface area (Å²) in [5.74, 6) is -1.10. The SMILES string of the molecule is Cc1ccc(S(=O)(=O)Nc2ccc(O)cc2F)c(C)c1. The van der Waals surface area contributed by atoms with E-state index in [2.05, 4.69) is 4.72 Å². The molecule has 6 heteroatoms.